The fourth-order valence-electron chi connectivity index (χ4n) is 2.00. The Labute approximate surface area is 110 Å². The van der Waals surface area contributed by atoms with Crippen LogP contribution in [-0.4, -0.2) is 11.4 Å². The van der Waals surface area contributed by atoms with Gasteiger partial charge < -0.3 is 4.52 Å². The maximum atomic E-state index is 10.9. The smallest absolute Gasteiger partial charge is 0.155 e. The lowest BCUT2D eigenvalue weighted by molar-refractivity contribution is 0.112. The first-order valence-corrected chi connectivity index (χ1v) is 5.94. The van der Waals surface area contributed by atoms with E-state index in [9.17, 15) is 4.79 Å². The van der Waals surface area contributed by atoms with Crippen LogP contribution in [0.2, 0.25) is 0 Å². The summed E-state index contributed by atoms with van der Waals surface area (Å²) in [5.74, 6) is 0. The SMILES string of the molecule is O=Cc1conc1-c1ccc(-c2ccccc2)cc1. The summed E-state index contributed by atoms with van der Waals surface area (Å²) in [7, 11) is 0. The van der Waals surface area contributed by atoms with Crippen molar-refractivity contribution in [3.05, 3.63) is 66.4 Å². The highest BCUT2D eigenvalue weighted by atomic mass is 16.5. The molecule has 0 aliphatic rings. The van der Waals surface area contributed by atoms with Crippen LogP contribution in [0.25, 0.3) is 22.4 Å². The molecule has 2 aromatic carbocycles. The van der Waals surface area contributed by atoms with Crippen LogP contribution in [0.15, 0.2) is 65.4 Å². The highest BCUT2D eigenvalue weighted by molar-refractivity contribution is 5.85. The number of aromatic nitrogens is 1. The van der Waals surface area contributed by atoms with E-state index in [-0.39, 0.29) is 0 Å². The average molecular weight is 249 g/mol. The highest BCUT2D eigenvalue weighted by Crippen LogP contribution is 2.25. The largest absolute Gasteiger partial charge is 0.363 e. The molecule has 3 rings (SSSR count). The normalized spacial score (nSPS) is 10.3. The molecule has 92 valence electrons. The molecule has 3 aromatic rings. The Hall–Kier alpha value is -2.68. The molecule has 1 aromatic heterocycles. The summed E-state index contributed by atoms with van der Waals surface area (Å²) in [5, 5.41) is 3.85. The molecule has 0 spiro atoms. The monoisotopic (exact) mass is 249 g/mol. The molecule has 0 fully saturated rings. The van der Waals surface area contributed by atoms with Gasteiger partial charge in [0.25, 0.3) is 0 Å². The van der Waals surface area contributed by atoms with E-state index in [0.29, 0.717) is 11.3 Å². The highest BCUT2D eigenvalue weighted by Gasteiger charge is 2.09. The van der Waals surface area contributed by atoms with Crippen LogP contribution in [0, 0.1) is 0 Å². The Kier molecular flexibility index (Phi) is 2.94. The van der Waals surface area contributed by atoms with Gasteiger partial charge in [-0.1, -0.05) is 59.8 Å². The van der Waals surface area contributed by atoms with Crippen molar-refractivity contribution in [3.8, 4) is 22.4 Å². The van der Waals surface area contributed by atoms with E-state index in [2.05, 4.69) is 17.3 Å². The average Bonchev–Trinajstić information content (AvgIpc) is 2.97. The Morgan fingerprint density at radius 2 is 1.47 bits per heavy atom. The van der Waals surface area contributed by atoms with Gasteiger partial charge in [-0.3, -0.25) is 4.79 Å². The fourth-order valence-corrected chi connectivity index (χ4v) is 2.00. The second kappa shape index (κ2) is 4.90. The first-order chi connectivity index (χ1) is 9.38. The maximum Gasteiger partial charge on any atom is 0.155 e. The number of hydrogen-bond donors (Lipinski definition) is 0. The number of carbonyl (C=O) groups is 1. The number of rotatable bonds is 3. The van der Waals surface area contributed by atoms with Gasteiger partial charge in [0, 0.05) is 5.56 Å². The Bertz CT molecular complexity index is 684. The molecule has 0 aliphatic carbocycles. The Balaban J connectivity index is 1.98. The lowest BCUT2D eigenvalue weighted by Crippen LogP contribution is -1.84. The first kappa shape index (κ1) is 11.4. The standard InChI is InChI=1S/C16H11NO2/c18-10-15-11-19-17-16(15)14-8-6-13(7-9-14)12-4-2-1-3-5-12/h1-11H. The first-order valence-electron chi connectivity index (χ1n) is 5.94. The molecule has 0 unspecified atom stereocenters. The summed E-state index contributed by atoms with van der Waals surface area (Å²) in [6.45, 7) is 0. The summed E-state index contributed by atoms with van der Waals surface area (Å²) in [6.07, 6.45) is 2.10. The summed E-state index contributed by atoms with van der Waals surface area (Å²) >= 11 is 0. The van der Waals surface area contributed by atoms with Crippen LogP contribution in [0.5, 0.6) is 0 Å². The molecular formula is C16H11NO2. The number of nitrogens with zero attached hydrogens (tertiary/aromatic N) is 1. The molecule has 0 saturated carbocycles. The number of carbonyl (C=O) groups excluding carboxylic acids is 1. The van der Waals surface area contributed by atoms with Gasteiger partial charge >= 0.3 is 0 Å². The van der Waals surface area contributed by atoms with Crippen LogP contribution < -0.4 is 0 Å². The summed E-state index contributed by atoms with van der Waals surface area (Å²) in [4.78, 5) is 10.9. The van der Waals surface area contributed by atoms with Crippen LogP contribution in [0.3, 0.4) is 0 Å². The molecule has 0 bridgehead atoms. The number of benzene rings is 2. The van der Waals surface area contributed by atoms with Crippen molar-refractivity contribution in [1.29, 1.82) is 0 Å². The summed E-state index contributed by atoms with van der Waals surface area (Å²) in [5.41, 5.74) is 4.20. The van der Waals surface area contributed by atoms with Crippen molar-refractivity contribution < 1.29 is 9.32 Å². The van der Waals surface area contributed by atoms with Crippen molar-refractivity contribution in [2.45, 2.75) is 0 Å². The van der Waals surface area contributed by atoms with Crippen LogP contribution in [0.4, 0.5) is 0 Å². The predicted molar refractivity (Wildman–Crippen MR) is 72.8 cm³/mol. The van der Waals surface area contributed by atoms with Crippen molar-refractivity contribution in [2.24, 2.45) is 0 Å². The molecular weight excluding hydrogens is 238 g/mol. The van der Waals surface area contributed by atoms with Crippen molar-refractivity contribution in [1.82, 2.24) is 5.16 Å². The molecule has 0 atom stereocenters. The van der Waals surface area contributed by atoms with Gasteiger partial charge in [-0.05, 0) is 11.1 Å². The minimum atomic E-state index is 0.465. The lowest BCUT2D eigenvalue weighted by atomic mass is 10.0. The fraction of sp³-hybridized carbons (Fsp3) is 0. The molecule has 3 nitrogen and oxygen atoms in total. The van der Waals surface area contributed by atoms with Gasteiger partial charge in [0.15, 0.2) is 6.29 Å². The van der Waals surface area contributed by atoms with E-state index in [4.69, 9.17) is 4.52 Å². The van der Waals surface area contributed by atoms with Crippen LogP contribution in [-0.2, 0) is 0 Å². The quantitative estimate of drug-likeness (QED) is 0.663. The molecule has 0 amide bonds. The third-order valence-electron chi connectivity index (χ3n) is 2.99. The Morgan fingerprint density at radius 3 is 2.16 bits per heavy atom. The molecule has 0 N–H and O–H groups in total. The molecule has 1 heterocycles. The van der Waals surface area contributed by atoms with Gasteiger partial charge in [-0.15, -0.1) is 0 Å². The van der Waals surface area contributed by atoms with E-state index >= 15 is 0 Å². The maximum absolute atomic E-state index is 10.9. The molecule has 3 heteroatoms. The van der Waals surface area contributed by atoms with Gasteiger partial charge in [-0.25, -0.2) is 0 Å². The summed E-state index contributed by atoms with van der Waals surface area (Å²) in [6, 6.07) is 18.0. The second-order valence-electron chi connectivity index (χ2n) is 4.18. The van der Waals surface area contributed by atoms with Gasteiger partial charge in [-0.2, -0.15) is 0 Å². The third kappa shape index (κ3) is 2.18. The zero-order valence-corrected chi connectivity index (χ0v) is 10.1. The van der Waals surface area contributed by atoms with E-state index in [1.165, 1.54) is 6.26 Å². The Morgan fingerprint density at radius 1 is 0.842 bits per heavy atom. The zero-order chi connectivity index (χ0) is 13.1. The lowest BCUT2D eigenvalue weighted by Gasteiger charge is -2.02. The van der Waals surface area contributed by atoms with Crippen LogP contribution >= 0.6 is 0 Å². The van der Waals surface area contributed by atoms with Crippen molar-refractivity contribution in [3.63, 3.8) is 0 Å². The van der Waals surface area contributed by atoms with Crippen LogP contribution in [0.1, 0.15) is 10.4 Å². The summed E-state index contributed by atoms with van der Waals surface area (Å²) < 4.78 is 4.82. The minimum Gasteiger partial charge on any atom is -0.363 e. The van der Waals surface area contributed by atoms with E-state index in [0.717, 1.165) is 23.0 Å². The predicted octanol–water partition coefficient (Wildman–Crippen LogP) is 3.82. The zero-order valence-electron chi connectivity index (χ0n) is 10.1. The topological polar surface area (TPSA) is 43.1 Å². The van der Waals surface area contributed by atoms with Crippen molar-refractivity contribution >= 4 is 6.29 Å². The number of hydrogen-bond acceptors (Lipinski definition) is 3. The molecule has 0 aliphatic heterocycles. The van der Waals surface area contributed by atoms with Gasteiger partial charge in [0.1, 0.15) is 12.0 Å². The van der Waals surface area contributed by atoms with E-state index in [1.807, 2.05) is 42.5 Å². The van der Waals surface area contributed by atoms with E-state index in [1.54, 1.807) is 0 Å². The molecule has 19 heavy (non-hydrogen) atoms. The number of aldehydes is 1. The third-order valence-corrected chi connectivity index (χ3v) is 2.99. The second-order valence-corrected chi connectivity index (χ2v) is 4.18. The molecule has 0 saturated heterocycles. The van der Waals surface area contributed by atoms with Gasteiger partial charge in [0.05, 0.1) is 5.56 Å². The minimum absolute atomic E-state index is 0.465. The van der Waals surface area contributed by atoms with Crippen molar-refractivity contribution in [2.75, 3.05) is 0 Å². The van der Waals surface area contributed by atoms with E-state index < -0.39 is 0 Å². The molecule has 0 radical (unpaired) electrons. The van der Waals surface area contributed by atoms with Gasteiger partial charge in [0.2, 0.25) is 0 Å².